The zero-order chi connectivity index (χ0) is 18.0. The van der Waals surface area contributed by atoms with Gasteiger partial charge in [0.25, 0.3) is 0 Å². The van der Waals surface area contributed by atoms with Crippen LogP contribution in [0.3, 0.4) is 0 Å². The Hall–Kier alpha value is -3.56. The normalized spacial score (nSPS) is 10.6. The van der Waals surface area contributed by atoms with E-state index < -0.39 is 4.92 Å². The Bertz CT molecular complexity index is 931. The third-order valence-corrected chi connectivity index (χ3v) is 3.60. The molecule has 3 rings (SSSR count). The number of aromatic nitrogens is 5. The molecule has 25 heavy (non-hydrogen) atoms. The van der Waals surface area contributed by atoms with Crippen LogP contribution in [-0.4, -0.2) is 35.4 Å². The van der Waals surface area contributed by atoms with Crippen molar-refractivity contribution < 1.29 is 9.72 Å². The number of aryl methyl sites for hydroxylation is 1. The van der Waals surface area contributed by atoms with Gasteiger partial charge in [-0.05, 0) is 32.0 Å². The molecule has 1 N–H and O–H groups in total. The number of carbonyl (C=O) groups excluding carboxylic acids is 1. The maximum atomic E-state index is 12.3. The standard InChI is InChI=1S/C15H15N7O3/c1-10-14(22(24)25)11(2)21(19-10)9-13(23)18-12-5-3-6-16-15(12)20-8-4-7-17-20/h3-8H,9H2,1-2H3,(H,18,23). The summed E-state index contributed by atoms with van der Waals surface area (Å²) in [5.41, 5.74) is 1.00. The fourth-order valence-electron chi connectivity index (χ4n) is 2.50. The van der Waals surface area contributed by atoms with Gasteiger partial charge in [-0.15, -0.1) is 0 Å². The van der Waals surface area contributed by atoms with E-state index in [1.165, 1.54) is 16.3 Å². The zero-order valence-corrected chi connectivity index (χ0v) is 13.6. The second kappa shape index (κ2) is 6.51. The molecular formula is C15H15N7O3. The van der Waals surface area contributed by atoms with Crippen LogP contribution in [-0.2, 0) is 11.3 Å². The highest BCUT2D eigenvalue weighted by Gasteiger charge is 2.23. The van der Waals surface area contributed by atoms with Crippen molar-refractivity contribution in [1.29, 1.82) is 0 Å². The van der Waals surface area contributed by atoms with Crippen LogP contribution in [0.4, 0.5) is 11.4 Å². The average Bonchev–Trinajstić information content (AvgIpc) is 3.17. The van der Waals surface area contributed by atoms with E-state index in [0.717, 1.165) is 0 Å². The van der Waals surface area contributed by atoms with Crippen molar-refractivity contribution in [3.05, 3.63) is 58.3 Å². The van der Waals surface area contributed by atoms with E-state index in [1.54, 1.807) is 43.7 Å². The lowest BCUT2D eigenvalue weighted by atomic mass is 10.3. The Labute approximate surface area is 142 Å². The van der Waals surface area contributed by atoms with Crippen LogP contribution >= 0.6 is 0 Å². The molecule has 128 valence electrons. The molecule has 1 amide bonds. The molecule has 0 aromatic carbocycles. The number of nitro groups is 1. The third kappa shape index (κ3) is 3.22. The van der Waals surface area contributed by atoms with E-state index in [9.17, 15) is 14.9 Å². The SMILES string of the molecule is Cc1nn(CC(=O)Nc2cccnc2-n2cccn2)c(C)c1[N+](=O)[O-]. The predicted molar refractivity (Wildman–Crippen MR) is 88.3 cm³/mol. The molecule has 10 nitrogen and oxygen atoms in total. The molecular weight excluding hydrogens is 326 g/mol. The fraction of sp³-hybridized carbons (Fsp3) is 0.200. The van der Waals surface area contributed by atoms with E-state index in [-0.39, 0.29) is 23.8 Å². The van der Waals surface area contributed by atoms with Gasteiger partial charge in [0.05, 0.1) is 10.6 Å². The summed E-state index contributed by atoms with van der Waals surface area (Å²) >= 11 is 0. The highest BCUT2D eigenvalue weighted by Crippen LogP contribution is 2.22. The van der Waals surface area contributed by atoms with Crippen molar-refractivity contribution in [2.24, 2.45) is 0 Å². The first-order valence-electron chi connectivity index (χ1n) is 7.40. The van der Waals surface area contributed by atoms with Crippen molar-refractivity contribution >= 4 is 17.3 Å². The van der Waals surface area contributed by atoms with Crippen molar-refractivity contribution in [3.63, 3.8) is 0 Å². The summed E-state index contributed by atoms with van der Waals surface area (Å²) < 4.78 is 2.84. The van der Waals surface area contributed by atoms with Crippen molar-refractivity contribution in [2.75, 3.05) is 5.32 Å². The predicted octanol–water partition coefficient (Wildman–Crippen LogP) is 1.63. The highest BCUT2D eigenvalue weighted by molar-refractivity contribution is 5.92. The number of anilines is 1. The molecule has 0 bridgehead atoms. The molecule has 3 aromatic heterocycles. The molecule has 0 saturated carbocycles. The second-order valence-corrected chi connectivity index (χ2v) is 5.31. The third-order valence-electron chi connectivity index (χ3n) is 3.60. The molecule has 0 atom stereocenters. The molecule has 0 aliphatic carbocycles. The Balaban J connectivity index is 1.81. The molecule has 0 aliphatic heterocycles. The van der Waals surface area contributed by atoms with Gasteiger partial charge >= 0.3 is 5.69 Å². The lowest BCUT2D eigenvalue weighted by Gasteiger charge is -2.10. The first-order valence-corrected chi connectivity index (χ1v) is 7.40. The molecule has 0 radical (unpaired) electrons. The molecule has 0 spiro atoms. The van der Waals surface area contributed by atoms with Gasteiger partial charge in [0, 0.05) is 18.6 Å². The summed E-state index contributed by atoms with van der Waals surface area (Å²) in [6, 6.07) is 5.14. The molecule has 0 fully saturated rings. The fourth-order valence-corrected chi connectivity index (χ4v) is 2.50. The van der Waals surface area contributed by atoms with Crippen LogP contribution in [0.15, 0.2) is 36.8 Å². The molecule has 0 unspecified atom stereocenters. The maximum Gasteiger partial charge on any atom is 0.312 e. The topological polar surface area (TPSA) is 121 Å². The van der Waals surface area contributed by atoms with Gasteiger partial charge in [0.1, 0.15) is 17.9 Å². The molecule has 0 saturated heterocycles. The summed E-state index contributed by atoms with van der Waals surface area (Å²) in [4.78, 5) is 27.1. The molecule has 3 aromatic rings. The number of hydrogen-bond acceptors (Lipinski definition) is 6. The monoisotopic (exact) mass is 341 g/mol. The number of pyridine rings is 1. The van der Waals surface area contributed by atoms with Gasteiger partial charge in [0.2, 0.25) is 5.91 Å². The van der Waals surface area contributed by atoms with Crippen LogP contribution in [0, 0.1) is 24.0 Å². The summed E-state index contributed by atoms with van der Waals surface area (Å²) in [6.45, 7) is 2.95. The van der Waals surface area contributed by atoms with Crippen molar-refractivity contribution in [2.45, 2.75) is 20.4 Å². The summed E-state index contributed by atoms with van der Waals surface area (Å²) in [7, 11) is 0. The zero-order valence-electron chi connectivity index (χ0n) is 13.6. The van der Waals surface area contributed by atoms with Crippen LogP contribution in [0.1, 0.15) is 11.4 Å². The molecule has 10 heteroatoms. The van der Waals surface area contributed by atoms with Crippen molar-refractivity contribution in [3.8, 4) is 5.82 Å². The smallest absolute Gasteiger partial charge is 0.312 e. The largest absolute Gasteiger partial charge is 0.321 e. The van der Waals surface area contributed by atoms with Gasteiger partial charge in [-0.2, -0.15) is 10.2 Å². The van der Waals surface area contributed by atoms with E-state index in [0.29, 0.717) is 17.2 Å². The minimum absolute atomic E-state index is 0.0774. The minimum atomic E-state index is -0.497. The van der Waals surface area contributed by atoms with Crippen LogP contribution < -0.4 is 5.32 Å². The lowest BCUT2D eigenvalue weighted by molar-refractivity contribution is -0.386. The Morgan fingerprint density at radius 3 is 2.76 bits per heavy atom. The van der Waals surface area contributed by atoms with Crippen LogP contribution in [0.25, 0.3) is 5.82 Å². The summed E-state index contributed by atoms with van der Waals surface area (Å²) in [6.07, 6.45) is 4.91. The quantitative estimate of drug-likeness (QED) is 0.556. The van der Waals surface area contributed by atoms with Crippen LogP contribution in [0.5, 0.6) is 0 Å². The van der Waals surface area contributed by atoms with Crippen LogP contribution in [0.2, 0.25) is 0 Å². The first kappa shape index (κ1) is 16.3. The Morgan fingerprint density at radius 1 is 1.32 bits per heavy atom. The van der Waals surface area contributed by atoms with E-state index >= 15 is 0 Å². The van der Waals surface area contributed by atoms with Gasteiger partial charge < -0.3 is 5.32 Å². The van der Waals surface area contributed by atoms with E-state index in [2.05, 4.69) is 20.5 Å². The lowest BCUT2D eigenvalue weighted by Crippen LogP contribution is -2.21. The van der Waals surface area contributed by atoms with Gasteiger partial charge in [0.15, 0.2) is 5.82 Å². The van der Waals surface area contributed by atoms with Crippen molar-refractivity contribution in [1.82, 2.24) is 24.5 Å². The number of rotatable bonds is 5. The van der Waals surface area contributed by atoms with Gasteiger partial charge in [-0.3, -0.25) is 19.6 Å². The number of amides is 1. The average molecular weight is 341 g/mol. The number of nitrogens with one attached hydrogen (secondary N) is 1. The minimum Gasteiger partial charge on any atom is -0.321 e. The number of hydrogen-bond donors (Lipinski definition) is 1. The Morgan fingerprint density at radius 2 is 2.12 bits per heavy atom. The van der Waals surface area contributed by atoms with Gasteiger partial charge in [-0.1, -0.05) is 0 Å². The summed E-state index contributed by atoms with van der Waals surface area (Å²) in [5, 5.41) is 21.9. The molecule has 3 heterocycles. The van der Waals surface area contributed by atoms with Gasteiger partial charge in [-0.25, -0.2) is 9.67 Å². The Kier molecular flexibility index (Phi) is 4.25. The highest BCUT2D eigenvalue weighted by atomic mass is 16.6. The number of nitrogens with zero attached hydrogens (tertiary/aromatic N) is 6. The first-order chi connectivity index (χ1) is 12.0. The summed E-state index contributed by atoms with van der Waals surface area (Å²) in [5.74, 6) is 0.0992. The van der Waals surface area contributed by atoms with E-state index in [4.69, 9.17) is 0 Å². The second-order valence-electron chi connectivity index (χ2n) is 5.31. The molecule has 0 aliphatic rings. The maximum absolute atomic E-state index is 12.3. The van der Waals surface area contributed by atoms with E-state index in [1.807, 2.05) is 0 Å². The number of carbonyl (C=O) groups is 1.